The number of nitrogens with zero attached hydrogens (tertiary/aromatic N) is 1. The highest BCUT2D eigenvalue weighted by Crippen LogP contribution is 2.27. The molecule has 1 amide bonds. The van der Waals surface area contributed by atoms with Gasteiger partial charge in [0.25, 0.3) is 5.91 Å². The Labute approximate surface area is 183 Å². The van der Waals surface area contributed by atoms with Crippen LogP contribution in [0.2, 0.25) is 0 Å². The fraction of sp³-hybridized carbons (Fsp3) is 0.231. The summed E-state index contributed by atoms with van der Waals surface area (Å²) < 4.78 is 5.40. The number of para-hydroxylation sites is 1. The SMILES string of the molecule is CCN(CC)c1ccc(C(=O)O[C@@H](C)C(=O)Nc2ccccc2-c2ccccc2)cc1. The van der Waals surface area contributed by atoms with Crippen molar-refractivity contribution in [2.45, 2.75) is 26.9 Å². The van der Waals surface area contributed by atoms with Gasteiger partial charge in [0.1, 0.15) is 0 Å². The second-order valence-electron chi connectivity index (χ2n) is 7.17. The molecule has 3 aromatic rings. The molecule has 0 fully saturated rings. The molecule has 0 spiro atoms. The third kappa shape index (κ3) is 5.51. The molecule has 31 heavy (non-hydrogen) atoms. The van der Waals surface area contributed by atoms with E-state index in [2.05, 4.69) is 24.1 Å². The van der Waals surface area contributed by atoms with E-state index in [9.17, 15) is 9.59 Å². The summed E-state index contributed by atoms with van der Waals surface area (Å²) >= 11 is 0. The van der Waals surface area contributed by atoms with E-state index in [4.69, 9.17) is 4.74 Å². The first-order chi connectivity index (χ1) is 15.0. The summed E-state index contributed by atoms with van der Waals surface area (Å²) in [5.41, 5.74) is 4.04. The smallest absolute Gasteiger partial charge is 0.338 e. The van der Waals surface area contributed by atoms with Gasteiger partial charge in [-0.05, 0) is 56.7 Å². The number of hydrogen-bond donors (Lipinski definition) is 1. The topological polar surface area (TPSA) is 58.6 Å². The van der Waals surface area contributed by atoms with Crippen LogP contribution in [0.5, 0.6) is 0 Å². The van der Waals surface area contributed by atoms with E-state index in [1.54, 1.807) is 19.1 Å². The summed E-state index contributed by atoms with van der Waals surface area (Å²) in [6.45, 7) is 7.52. The Bertz CT molecular complexity index is 1010. The number of hydrogen-bond acceptors (Lipinski definition) is 4. The molecule has 0 heterocycles. The molecule has 3 aromatic carbocycles. The molecule has 0 radical (unpaired) electrons. The van der Waals surface area contributed by atoms with Crippen molar-refractivity contribution in [1.29, 1.82) is 0 Å². The van der Waals surface area contributed by atoms with Crippen LogP contribution in [0, 0.1) is 0 Å². The molecule has 0 aromatic heterocycles. The van der Waals surface area contributed by atoms with Crippen molar-refractivity contribution in [1.82, 2.24) is 0 Å². The van der Waals surface area contributed by atoms with E-state index < -0.39 is 12.1 Å². The maximum atomic E-state index is 12.7. The molecule has 0 aliphatic heterocycles. The van der Waals surface area contributed by atoms with Gasteiger partial charge < -0.3 is 15.0 Å². The first-order valence-corrected chi connectivity index (χ1v) is 10.5. The molecular weight excluding hydrogens is 388 g/mol. The van der Waals surface area contributed by atoms with Crippen LogP contribution in [-0.4, -0.2) is 31.1 Å². The Morgan fingerprint density at radius 2 is 1.48 bits per heavy atom. The number of carbonyl (C=O) groups excluding carboxylic acids is 2. The van der Waals surface area contributed by atoms with Crippen molar-refractivity contribution in [2.24, 2.45) is 0 Å². The van der Waals surface area contributed by atoms with Crippen LogP contribution in [0.4, 0.5) is 11.4 Å². The fourth-order valence-corrected chi connectivity index (χ4v) is 3.38. The van der Waals surface area contributed by atoms with Gasteiger partial charge in [-0.1, -0.05) is 48.5 Å². The summed E-state index contributed by atoms with van der Waals surface area (Å²) in [6, 6.07) is 24.6. The van der Waals surface area contributed by atoms with Crippen LogP contribution < -0.4 is 10.2 Å². The lowest BCUT2D eigenvalue weighted by Crippen LogP contribution is -2.30. The zero-order chi connectivity index (χ0) is 22.2. The van der Waals surface area contributed by atoms with Gasteiger partial charge in [-0.15, -0.1) is 0 Å². The summed E-state index contributed by atoms with van der Waals surface area (Å²) in [7, 11) is 0. The molecule has 0 bridgehead atoms. The van der Waals surface area contributed by atoms with Gasteiger partial charge in [-0.2, -0.15) is 0 Å². The number of benzene rings is 3. The average Bonchev–Trinajstić information content (AvgIpc) is 2.81. The molecule has 0 unspecified atom stereocenters. The highest BCUT2D eigenvalue weighted by Gasteiger charge is 2.20. The van der Waals surface area contributed by atoms with Crippen LogP contribution in [0.1, 0.15) is 31.1 Å². The number of nitrogens with one attached hydrogen (secondary N) is 1. The maximum Gasteiger partial charge on any atom is 0.338 e. The van der Waals surface area contributed by atoms with Gasteiger partial charge in [0.15, 0.2) is 6.10 Å². The molecular formula is C26H28N2O3. The number of ether oxygens (including phenoxy) is 1. The molecule has 0 aliphatic carbocycles. The predicted octanol–water partition coefficient (Wildman–Crippen LogP) is 5.38. The fourth-order valence-electron chi connectivity index (χ4n) is 3.38. The van der Waals surface area contributed by atoms with E-state index >= 15 is 0 Å². The van der Waals surface area contributed by atoms with Gasteiger partial charge in [0.2, 0.25) is 0 Å². The molecule has 1 N–H and O–H groups in total. The van der Waals surface area contributed by atoms with Crippen LogP contribution in [-0.2, 0) is 9.53 Å². The summed E-state index contributed by atoms with van der Waals surface area (Å²) in [4.78, 5) is 27.4. The molecule has 1 atom stereocenters. The van der Waals surface area contributed by atoms with Crippen molar-refractivity contribution in [3.8, 4) is 11.1 Å². The van der Waals surface area contributed by atoms with Crippen LogP contribution in [0.25, 0.3) is 11.1 Å². The second kappa shape index (κ2) is 10.4. The Kier molecular flexibility index (Phi) is 7.44. The van der Waals surface area contributed by atoms with Crippen molar-refractivity contribution in [2.75, 3.05) is 23.3 Å². The zero-order valence-electron chi connectivity index (χ0n) is 18.2. The maximum absolute atomic E-state index is 12.7. The van der Waals surface area contributed by atoms with Crippen LogP contribution in [0.15, 0.2) is 78.9 Å². The lowest BCUT2D eigenvalue weighted by Gasteiger charge is -2.21. The van der Waals surface area contributed by atoms with Gasteiger partial charge in [-0.3, -0.25) is 4.79 Å². The van der Waals surface area contributed by atoms with E-state index in [1.807, 2.05) is 66.7 Å². The molecule has 0 saturated heterocycles. The Hall–Kier alpha value is -3.60. The van der Waals surface area contributed by atoms with E-state index in [-0.39, 0.29) is 5.91 Å². The quantitative estimate of drug-likeness (QED) is 0.501. The minimum Gasteiger partial charge on any atom is -0.449 e. The lowest BCUT2D eigenvalue weighted by atomic mass is 10.0. The number of amides is 1. The first kappa shape index (κ1) is 22.1. The Morgan fingerprint density at radius 3 is 2.13 bits per heavy atom. The normalized spacial score (nSPS) is 11.5. The number of carbonyl (C=O) groups is 2. The van der Waals surface area contributed by atoms with Crippen LogP contribution >= 0.6 is 0 Å². The highest BCUT2D eigenvalue weighted by atomic mass is 16.5. The molecule has 0 aliphatic rings. The standard InChI is InChI=1S/C26H28N2O3/c1-4-28(5-2)22-17-15-21(16-18-22)26(30)31-19(3)25(29)27-24-14-10-9-13-23(24)20-11-7-6-8-12-20/h6-19H,4-5H2,1-3H3,(H,27,29)/t19-/m0/s1. The van der Waals surface area contributed by atoms with Gasteiger partial charge >= 0.3 is 5.97 Å². The third-order valence-electron chi connectivity index (χ3n) is 5.15. The van der Waals surface area contributed by atoms with Gasteiger partial charge in [0.05, 0.1) is 5.56 Å². The summed E-state index contributed by atoms with van der Waals surface area (Å²) in [5.74, 6) is -0.901. The lowest BCUT2D eigenvalue weighted by molar-refractivity contribution is -0.123. The van der Waals surface area contributed by atoms with Crippen molar-refractivity contribution in [3.05, 3.63) is 84.4 Å². The molecule has 160 valence electrons. The molecule has 5 heteroatoms. The third-order valence-corrected chi connectivity index (χ3v) is 5.15. The summed E-state index contributed by atoms with van der Waals surface area (Å²) in [5, 5.41) is 2.88. The van der Waals surface area contributed by atoms with Gasteiger partial charge in [0, 0.05) is 30.0 Å². The van der Waals surface area contributed by atoms with Crippen molar-refractivity contribution >= 4 is 23.3 Å². The number of anilines is 2. The van der Waals surface area contributed by atoms with Gasteiger partial charge in [-0.25, -0.2) is 4.79 Å². The molecule has 0 saturated carbocycles. The van der Waals surface area contributed by atoms with Crippen molar-refractivity contribution < 1.29 is 14.3 Å². The first-order valence-electron chi connectivity index (χ1n) is 10.5. The summed E-state index contributed by atoms with van der Waals surface area (Å²) in [6.07, 6.45) is -0.932. The molecule has 3 rings (SSSR count). The second-order valence-corrected chi connectivity index (χ2v) is 7.17. The highest BCUT2D eigenvalue weighted by molar-refractivity contribution is 6.00. The number of rotatable bonds is 8. The van der Waals surface area contributed by atoms with E-state index in [0.717, 1.165) is 29.9 Å². The molecule has 5 nitrogen and oxygen atoms in total. The predicted molar refractivity (Wildman–Crippen MR) is 125 cm³/mol. The Morgan fingerprint density at radius 1 is 0.871 bits per heavy atom. The minimum atomic E-state index is -0.932. The van der Waals surface area contributed by atoms with Crippen molar-refractivity contribution in [3.63, 3.8) is 0 Å². The zero-order valence-corrected chi connectivity index (χ0v) is 18.2. The minimum absolute atomic E-state index is 0.378. The van der Waals surface area contributed by atoms with E-state index in [1.165, 1.54) is 0 Å². The largest absolute Gasteiger partial charge is 0.449 e. The average molecular weight is 417 g/mol. The monoisotopic (exact) mass is 416 g/mol. The number of esters is 1. The Balaban J connectivity index is 1.66. The van der Waals surface area contributed by atoms with Crippen LogP contribution in [0.3, 0.4) is 0 Å². The van der Waals surface area contributed by atoms with E-state index in [0.29, 0.717) is 11.3 Å².